The molecule has 1 aromatic rings. The summed E-state index contributed by atoms with van der Waals surface area (Å²) in [5.41, 5.74) is -0.516. The van der Waals surface area contributed by atoms with Crippen LogP contribution in [0.1, 0.15) is 27.5 Å². The molecule has 1 aliphatic rings. The molecule has 0 aliphatic carbocycles. The highest BCUT2D eigenvalue weighted by Crippen LogP contribution is 2.21. The van der Waals surface area contributed by atoms with E-state index in [9.17, 15) is 9.59 Å². The summed E-state index contributed by atoms with van der Waals surface area (Å²) in [5.74, 6) is -1.99. The van der Waals surface area contributed by atoms with Gasteiger partial charge in [-0.15, -0.1) is 0 Å². The van der Waals surface area contributed by atoms with Crippen molar-refractivity contribution in [1.29, 1.82) is 0 Å². The summed E-state index contributed by atoms with van der Waals surface area (Å²) < 4.78 is 15.5. The van der Waals surface area contributed by atoms with E-state index in [-0.39, 0.29) is 18.1 Å². The molecule has 1 unspecified atom stereocenters. The van der Waals surface area contributed by atoms with Crippen molar-refractivity contribution in [3.8, 4) is 0 Å². The van der Waals surface area contributed by atoms with Crippen LogP contribution in [0.2, 0.25) is 0 Å². The highest BCUT2D eigenvalue weighted by Gasteiger charge is 2.35. The topological polar surface area (TPSA) is 98.0 Å². The molecule has 2 heterocycles. The van der Waals surface area contributed by atoms with Crippen molar-refractivity contribution in [1.82, 2.24) is 5.32 Å². The monoisotopic (exact) mass is 269 g/mol. The molecule has 2 N–H and O–H groups in total. The van der Waals surface area contributed by atoms with Gasteiger partial charge in [0.05, 0.1) is 6.61 Å². The van der Waals surface area contributed by atoms with Gasteiger partial charge in [0.2, 0.25) is 5.76 Å². The van der Waals surface area contributed by atoms with E-state index in [2.05, 4.69) is 5.32 Å². The fourth-order valence-electron chi connectivity index (χ4n) is 1.86. The fraction of sp³-hybridized carbons (Fsp3) is 0.500. The van der Waals surface area contributed by atoms with Crippen molar-refractivity contribution in [2.75, 3.05) is 26.9 Å². The molecule has 1 aliphatic heterocycles. The summed E-state index contributed by atoms with van der Waals surface area (Å²) in [4.78, 5) is 22.4. The highest BCUT2D eigenvalue weighted by atomic mass is 16.5. The Bertz CT molecular complexity index is 474. The predicted molar refractivity (Wildman–Crippen MR) is 63.2 cm³/mol. The maximum absolute atomic E-state index is 11.8. The van der Waals surface area contributed by atoms with E-state index in [1.165, 1.54) is 12.1 Å². The van der Waals surface area contributed by atoms with Crippen LogP contribution in [0.5, 0.6) is 0 Å². The van der Waals surface area contributed by atoms with Crippen molar-refractivity contribution in [3.63, 3.8) is 0 Å². The van der Waals surface area contributed by atoms with E-state index in [1.54, 1.807) is 7.11 Å². The van der Waals surface area contributed by atoms with Gasteiger partial charge in [-0.1, -0.05) is 0 Å². The number of carboxylic acid groups (broad SMARTS) is 1. The number of carboxylic acids is 1. The lowest BCUT2D eigenvalue weighted by Gasteiger charge is -2.25. The number of aromatic carboxylic acids is 1. The lowest BCUT2D eigenvalue weighted by atomic mass is 10.0. The standard InChI is InChI=1S/C12H15NO6/c1-17-12(4-5-18-7-12)6-13-10(14)8-2-3-9(19-8)11(15)16/h2-3H,4-7H2,1H3,(H,13,14)(H,15,16). The molecule has 1 saturated heterocycles. The van der Waals surface area contributed by atoms with Gasteiger partial charge >= 0.3 is 5.97 Å². The van der Waals surface area contributed by atoms with Crippen molar-refractivity contribution >= 4 is 11.9 Å². The molecule has 2 rings (SSSR count). The number of amides is 1. The molecule has 19 heavy (non-hydrogen) atoms. The normalized spacial score (nSPS) is 22.4. The third kappa shape index (κ3) is 2.94. The molecule has 0 aromatic carbocycles. The zero-order valence-electron chi connectivity index (χ0n) is 10.5. The lowest BCUT2D eigenvalue weighted by Crippen LogP contribution is -2.44. The molecule has 0 spiro atoms. The van der Waals surface area contributed by atoms with Crippen molar-refractivity contribution < 1.29 is 28.6 Å². The van der Waals surface area contributed by atoms with E-state index in [0.29, 0.717) is 19.6 Å². The molecule has 7 heteroatoms. The number of nitrogens with one attached hydrogen (secondary N) is 1. The van der Waals surface area contributed by atoms with Crippen LogP contribution in [-0.4, -0.2) is 49.5 Å². The Morgan fingerprint density at radius 1 is 1.47 bits per heavy atom. The number of furan rings is 1. The fourth-order valence-corrected chi connectivity index (χ4v) is 1.86. The predicted octanol–water partition coefficient (Wildman–Crippen LogP) is 0.513. The quantitative estimate of drug-likeness (QED) is 0.808. The molecule has 0 radical (unpaired) electrons. The smallest absolute Gasteiger partial charge is 0.371 e. The average molecular weight is 269 g/mol. The lowest BCUT2D eigenvalue weighted by molar-refractivity contribution is -0.0150. The van der Waals surface area contributed by atoms with E-state index < -0.39 is 17.5 Å². The van der Waals surface area contributed by atoms with Gasteiger partial charge in [0.25, 0.3) is 5.91 Å². The molecule has 1 fully saturated rings. The second-order valence-corrected chi connectivity index (χ2v) is 4.34. The molecule has 1 amide bonds. The maximum atomic E-state index is 11.8. The minimum atomic E-state index is -1.21. The summed E-state index contributed by atoms with van der Waals surface area (Å²) in [7, 11) is 1.57. The maximum Gasteiger partial charge on any atom is 0.371 e. The average Bonchev–Trinajstić information content (AvgIpc) is 3.06. The van der Waals surface area contributed by atoms with Gasteiger partial charge < -0.3 is 24.3 Å². The molecule has 7 nitrogen and oxygen atoms in total. The van der Waals surface area contributed by atoms with Crippen molar-refractivity contribution in [2.45, 2.75) is 12.0 Å². The number of carbonyl (C=O) groups excluding carboxylic acids is 1. The Labute approximate surface area is 109 Å². The molecule has 1 atom stereocenters. The van der Waals surface area contributed by atoms with Crippen LogP contribution in [0.4, 0.5) is 0 Å². The first-order chi connectivity index (χ1) is 9.06. The summed E-state index contributed by atoms with van der Waals surface area (Å²) in [5, 5.41) is 11.4. The number of rotatable bonds is 5. The summed E-state index contributed by atoms with van der Waals surface area (Å²) >= 11 is 0. The Hall–Kier alpha value is -1.86. The van der Waals surface area contributed by atoms with Crippen LogP contribution in [0.25, 0.3) is 0 Å². The summed E-state index contributed by atoms with van der Waals surface area (Å²) in [6.07, 6.45) is 0.697. The Kier molecular flexibility index (Phi) is 3.87. The third-order valence-corrected chi connectivity index (χ3v) is 3.11. The highest BCUT2D eigenvalue weighted by molar-refractivity contribution is 5.93. The Balaban J connectivity index is 1.95. The van der Waals surface area contributed by atoms with E-state index in [0.717, 1.165) is 0 Å². The third-order valence-electron chi connectivity index (χ3n) is 3.11. The van der Waals surface area contributed by atoms with Crippen LogP contribution < -0.4 is 5.32 Å². The van der Waals surface area contributed by atoms with Crippen LogP contribution in [0, 0.1) is 0 Å². The van der Waals surface area contributed by atoms with Gasteiger partial charge in [-0.2, -0.15) is 0 Å². The van der Waals surface area contributed by atoms with Crippen LogP contribution in [-0.2, 0) is 9.47 Å². The van der Waals surface area contributed by atoms with Crippen LogP contribution in [0.3, 0.4) is 0 Å². The molecule has 1 aromatic heterocycles. The number of hydrogen-bond acceptors (Lipinski definition) is 5. The summed E-state index contributed by atoms with van der Waals surface area (Å²) in [6.45, 7) is 1.29. The molecule has 0 bridgehead atoms. The van der Waals surface area contributed by atoms with Gasteiger partial charge in [0, 0.05) is 26.7 Å². The Morgan fingerprint density at radius 2 is 2.21 bits per heavy atom. The van der Waals surface area contributed by atoms with E-state index >= 15 is 0 Å². The van der Waals surface area contributed by atoms with Gasteiger partial charge in [0.15, 0.2) is 5.76 Å². The zero-order valence-corrected chi connectivity index (χ0v) is 10.5. The minimum Gasteiger partial charge on any atom is -0.475 e. The second kappa shape index (κ2) is 5.41. The van der Waals surface area contributed by atoms with Crippen molar-refractivity contribution in [3.05, 3.63) is 23.7 Å². The van der Waals surface area contributed by atoms with Gasteiger partial charge in [-0.25, -0.2) is 4.79 Å². The number of carbonyl (C=O) groups is 2. The van der Waals surface area contributed by atoms with Crippen LogP contribution in [0.15, 0.2) is 16.5 Å². The largest absolute Gasteiger partial charge is 0.475 e. The van der Waals surface area contributed by atoms with Gasteiger partial charge in [0.1, 0.15) is 5.60 Å². The first-order valence-electron chi connectivity index (χ1n) is 5.80. The molecule has 104 valence electrons. The second-order valence-electron chi connectivity index (χ2n) is 4.34. The number of methoxy groups -OCH3 is 1. The number of ether oxygens (including phenoxy) is 2. The zero-order chi connectivity index (χ0) is 13.9. The van der Waals surface area contributed by atoms with Crippen molar-refractivity contribution in [2.24, 2.45) is 0 Å². The molecular formula is C12H15NO6. The molecule has 0 saturated carbocycles. The van der Waals surface area contributed by atoms with Gasteiger partial charge in [-0.3, -0.25) is 4.79 Å². The number of hydrogen-bond donors (Lipinski definition) is 2. The SMILES string of the molecule is COC1(CNC(=O)c2ccc(C(=O)O)o2)CCOC1. The van der Waals surface area contributed by atoms with Gasteiger partial charge in [-0.05, 0) is 12.1 Å². The first kappa shape index (κ1) is 13.6. The van der Waals surface area contributed by atoms with Crippen LogP contribution >= 0.6 is 0 Å². The molecular weight excluding hydrogens is 254 g/mol. The first-order valence-corrected chi connectivity index (χ1v) is 5.80. The minimum absolute atomic E-state index is 0.0393. The van der Waals surface area contributed by atoms with E-state index in [4.69, 9.17) is 19.0 Å². The summed E-state index contributed by atoms with van der Waals surface area (Å²) in [6, 6.07) is 2.56. The Morgan fingerprint density at radius 3 is 2.74 bits per heavy atom. The van der Waals surface area contributed by atoms with E-state index in [1.807, 2.05) is 0 Å².